The predicted molar refractivity (Wildman–Crippen MR) is 124 cm³/mol. The summed E-state index contributed by atoms with van der Waals surface area (Å²) in [5.74, 6) is 1.51. The first-order valence-corrected chi connectivity index (χ1v) is 13.0. The van der Waals surface area contributed by atoms with Crippen LogP contribution >= 0.6 is 0 Å². The van der Waals surface area contributed by atoms with Crippen LogP contribution in [0.4, 0.5) is 5.82 Å². The Morgan fingerprint density at radius 3 is 2.50 bits per heavy atom. The lowest BCUT2D eigenvalue weighted by Crippen LogP contribution is -2.39. The number of ketones is 1. The summed E-state index contributed by atoms with van der Waals surface area (Å²) in [6.45, 7) is 2.83. The molecule has 0 radical (unpaired) electrons. The van der Waals surface area contributed by atoms with Crippen molar-refractivity contribution in [3.8, 4) is 0 Å². The van der Waals surface area contributed by atoms with Gasteiger partial charge < -0.3 is 4.90 Å². The Bertz CT molecular complexity index is 1080. The van der Waals surface area contributed by atoms with Crippen molar-refractivity contribution in [2.24, 2.45) is 5.92 Å². The van der Waals surface area contributed by atoms with Gasteiger partial charge in [0.05, 0.1) is 4.90 Å². The Balaban J connectivity index is 1.52. The lowest BCUT2D eigenvalue weighted by atomic mass is 9.94. The largest absolute Gasteiger partial charge is 0.353 e. The van der Waals surface area contributed by atoms with E-state index in [4.69, 9.17) is 0 Å². The summed E-state index contributed by atoms with van der Waals surface area (Å²) in [6, 6.07) is 7.18. The number of sulfonamides is 1. The van der Waals surface area contributed by atoms with Crippen LogP contribution in [0.15, 0.2) is 35.5 Å². The summed E-state index contributed by atoms with van der Waals surface area (Å²) in [5, 5.41) is 0. The molecule has 1 N–H and O–H groups in total. The summed E-state index contributed by atoms with van der Waals surface area (Å²) in [4.78, 5) is 24.5. The SMILES string of the molecule is CNS(=O)(=O)c1ccc(CC(=O)c2cc(N(CC3CC3)C3CCCCC3)ncn2)c(C)c1. The van der Waals surface area contributed by atoms with Gasteiger partial charge in [0.1, 0.15) is 17.8 Å². The second-order valence-corrected chi connectivity index (χ2v) is 10.9. The van der Waals surface area contributed by atoms with Crippen molar-refractivity contribution < 1.29 is 13.2 Å². The highest BCUT2D eigenvalue weighted by Gasteiger charge is 2.30. The highest BCUT2D eigenvalue weighted by molar-refractivity contribution is 7.89. The third-order valence-corrected chi connectivity index (χ3v) is 8.06. The fourth-order valence-electron chi connectivity index (χ4n) is 4.47. The first kappa shape index (κ1) is 22.9. The Hall–Kier alpha value is -2.32. The van der Waals surface area contributed by atoms with Gasteiger partial charge in [0.15, 0.2) is 5.78 Å². The molecular weight excluding hydrogens is 424 g/mol. The molecule has 2 aliphatic carbocycles. The fourth-order valence-corrected chi connectivity index (χ4v) is 5.29. The summed E-state index contributed by atoms with van der Waals surface area (Å²) in [6.07, 6.45) is 10.4. The van der Waals surface area contributed by atoms with E-state index in [2.05, 4.69) is 19.6 Å². The second-order valence-electron chi connectivity index (χ2n) is 9.04. The van der Waals surface area contributed by atoms with E-state index in [0.29, 0.717) is 11.7 Å². The molecule has 2 fully saturated rings. The number of Topliss-reactive ketones (excluding diaryl/α,β-unsaturated/α-hetero) is 1. The van der Waals surface area contributed by atoms with Crippen molar-refractivity contribution in [2.75, 3.05) is 18.5 Å². The molecule has 0 unspecified atom stereocenters. The van der Waals surface area contributed by atoms with Crippen LogP contribution in [0.2, 0.25) is 0 Å². The summed E-state index contributed by atoms with van der Waals surface area (Å²) >= 11 is 0. The average molecular weight is 457 g/mol. The maximum absolute atomic E-state index is 13.1. The normalized spacial score (nSPS) is 17.3. The highest BCUT2D eigenvalue weighted by atomic mass is 32.2. The average Bonchev–Trinajstić information content (AvgIpc) is 3.63. The minimum Gasteiger partial charge on any atom is -0.353 e. The van der Waals surface area contributed by atoms with Gasteiger partial charge in [-0.1, -0.05) is 25.3 Å². The van der Waals surface area contributed by atoms with Gasteiger partial charge in [-0.3, -0.25) is 4.79 Å². The van der Waals surface area contributed by atoms with Gasteiger partial charge in [0.25, 0.3) is 0 Å². The van der Waals surface area contributed by atoms with Crippen molar-refractivity contribution in [3.05, 3.63) is 47.4 Å². The summed E-state index contributed by atoms with van der Waals surface area (Å²) < 4.78 is 26.4. The number of benzene rings is 1. The maximum atomic E-state index is 13.1. The topological polar surface area (TPSA) is 92.3 Å². The zero-order valence-corrected chi connectivity index (χ0v) is 19.7. The molecule has 0 saturated heterocycles. The fraction of sp³-hybridized carbons (Fsp3) is 0.542. The van der Waals surface area contributed by atoms with Crippen LogP contribution in [-0.2, 0) is 16.4 Å². The number of nitrogens with zero attached hydrogens (tertiary/aromatic N) is 3. The number of anilines is 1. The van der Waals surface area contributed by atoms with Crippen LogP contribution in [0.1, 0.15) is 66.6 Å². The van der Waals surface area contributed by atoms with Crippen LogP contribution in [0.25, 0.3) is 0 Å². The quantitative estimate of drug-likeness (QED) is 0.579. The maximum Gasteiger partial charge on any atom is 0.240 e. The van der Waals surface area contributed by atoms with Gasteiger partial charge in [-0.05, 0) is 68.8 Å². The standard InChI is InChI=1S/C24H32N4O3S/c1-17-12-21(32(30,31)25-2)11-10-19(17)13-23(29)22-14-24(27-16-26-22)28(15-18-8-9-18)20-6-4-3-5-7-20/h10-12,14,16,18,20,25H,3-9,13,15H2,1-2H3. The monoisotopic (exact) mass is 456 g/mol. The lowest BCUT2D eigenvalue weighted by molar-refractivity contribution is 0.0988. The lowest BCUT2D eigenvalue weighted by Gasteiger charge is -2.35. The molecule has 2 aromatic rings. The van der Waals surface area contributed by atoms with Gasteiger partial charge >= 0.3 is 0 Å². The van der Waals surface area contributed by atoms with Gasteiger partial charge in [-0.15, -0.1) is 0 Å². The van der Waals surface area contributed by atoms with E-state index in [1.54, 1.807) is 12.1 Å². The Morgan fingerprint density at radius 1 is 1.09 bits per heavy atom. The first-order valence-electron chi connectivity index (χ1n) is 11.5. The van der Waals surface area contributed by atoms with Crippen molar-refractivity contribution in [2.45, 2.75) is 69.2 Å². The van der Waals surface area contributed by atoms with Gasteiger partial charge in [-0.2, -0.15) is 0 Å². The van der Waals surface area contributed by atoms with E-state index in [1.165, 1.54) is 64.4 Å². The third kappa shape index (κ3) is 5.35. The number of carbonyl (C=O) groups is 1. The number of hydrogen-bond acceptors (Lipinski definition) is 6. The predicted octanol–water partition coefficient (Wildman–Crippen LogP) is 3.67. The van der Waals surface area contributed by atoms with Crippen LogP contribution < -0.4 is 9.62 Å². The number of nitrogens with one attached hydrogen (secondary N) is 1. The van der Waals surface area contributed by atoms with Gasteiger partial charge in [0.2, 0.25) is 10.0 Å². The number of aryl methyl sites for hydroxylation is 1. The third-order valence-electron chi connectivity index (χ3n) is 6.64. The highest BCUT2D eigenvalue weighted by Crippen LogP contribution is 2.34. The van der Waals surface area contributed by atoms with Crippen molar-refractivity contribution in [1.82, 2.24) is 14.7 Å². The van der Waals surface area contributed by atoms with Gasteiger partial charge in [0, 0.05) is 25.1 Å². The minimum absolute atomic E-state index is 0.0870. The van der Waals surface area contributed by atoms with E-state index in [0.717, 1.165) is 29.4 Å². The molecule has 7 nitrogen and oxygen atoms in total. The van der Waals surface area contributed by atoms with E-state index >= 15 is 0 Å². The molecule has 0 atom stereocenters. The Kier molecular flexibility index (Phi) is 6.90. The Morgan fingerprint density at radius 2 is 1.84 bits per heavy atom. The molecule has 1 aromatic carbocycles. The molecule has 1 heterocycles. The molecule has 0 bridgehead atoms. The van der Waals surface area contributed by atoms with Crippen molar-refractivity contribution in [3.63, 3.8) is 0 Å². The number of aromatic nitrogens is 2. The molecule has 2 saturated carbocycles. The summed E-state index contributed by atoms with van der Waals surface area (Å²) in [7, 11) is -2.13. The second kappa shape index (κ2) is 9.67. The minimum atomic E-state index is -3.51. The molecule has 8 heteroatoms. The Labute approximate surface area is 190 Å². The molecule has 32 heavy (non-hydrogen) atoms. The van der Waals surface area contributed by atoms with Crippen LogP contribution in [-0.4, -0.2) is 43.8 Å². The van der Waals surface area contributed by atoms with Crippen LogP contribution in [0.5, 0.6) is 0 Å². The van der Waals surface area contributed by atoms with Gasteiger partial charge in [-0.25, -0.2) is 23.1 Å². The smallest absolute Gasteiger partial charge is 0.240 e. The molecule has 1 aromatic heterocycles. The molecule has 2 aliphatic rings. The molecule has 172 valence electrons. The zero-order chi connectivity index (χ0) is 22.7. The van der Waals surface area contributed by atoms with E-state index in [-0.39, 0.29) is 17.1 Å². The number of carbonyl (C=O) groups excluding carboxylic acids is 1. The van der Waals surface area contributed by atoms with Crippen molar-refractivity contribution >= 4 is 21.6 Å². The molecule has 0 amide bonds. The zero-order valence-electron chi connectivity index (χ0n) is 18.9. The van der Waals surface area contributed by atoms with E-state index in [1.807, 2.05) is 13.0 Å². The van der Waals surface area contributed by atoms with Crippen molar-refractivity contribution in [1.29, 1.82) is 0 Å². The number of hydrogen-bond donors (Lipinski definition) is 1. The first-order chi connectivity index (χ1) is 15.4. The van der Waals surface area contributed by atoms with Crippen LogP contribution in [0, 0.1) is 12.8 Å². The van der Waals surface area contributed by atoms with E-state index in [9.17, 15) is 13.2 Å². The molecular formula is C24H32N4O3S. The number of rotatable bonds is 9. The molecule has 0 spiro atoms. The van der Waals surface area contributed by atoms with E-state index < -0.39 is 10.0 Å². The molecule has 4 rings (SSSR count). The molecule has 0 aliphatic heterocycles. The van der Waals surface area contributed by atoms with Crippen LogP contribution in [0.3, 0.4) is 0 Å². The summed E-state index contributed by atoms with van der Waals surface area (Å²) in [5.41, 5.74) is 1.98.